The summed E-state index contributed by atoms with van der Waals surface area (Å²) in [7, 11) is 0. The van der Waals surface area contributed by atoms with Crippen LogP contribution >= 0.6 is 0 Å². The molecule has 92 valence electrons. The summed E-state index contributed by atoms with van der Waals surface area (Å²) in [6.07, 6.45) is 2.36. The monoisotopic (exact) mass is 233 g/mol. The average molecular weight is 233 g/mol. The van der Waals surface area contributed by atoms with Crippen LogP contribution in [-0.4, -0.2) is 25.7 Å². The van der Waals surface area contributed by atoms with E-state index in [0.717, 1.165) is 13.1 Å². The number of hydrogen-bond donors (Lipinski definition) is 1. The largest absolute Gasteiger partial charge is 0.462 e. The number of piperidine rings is 1. The van der Waals surface area contributed by atoms with E-state index in [0.29, 0.717) is 18.1 Å². The molecule has 0 unspecified atom stereocenters. The third-order valence-corrected chi connectivity index (χ3v) is 3.23. The van der Waals surface area contributed by atoms with Crippen molar-refractivity contribution in [3.63, 3.8) is 0 Å². The number of benzene rings is 1. The fraction of sp³-hybridized carbons (Fsp3) is 0.500. The van der Waals surface area contributed by atoms with Crippen molar-refractivity contribution in [3.05, 3.63) is 35.4 Å². The Morgan fingerprint density at radius 2 is 1.94 bits per heavy atom. The molecule has 17 heavy (non-hydrogen) atoms. The molecule has 1 heterocycles. The molecule has 3 nitrogen and oxygen atoms in total. The molecule has 0 aliphatic carbocycles. The molecule has 1 N–H and O–H groups in total. The summed E-state index contributed by atoms with van der Waals surface area (Å²) in [6, 6.07) is 7.86. The normalized spacial score (nSPS) is 16.8. The van der Waals surface area contributed by atoms with Gasteiger partial charge in [-0.1, -0.05) is 12.1 Å². The summed E-state index contributed by atoms with van der Waals surface area (Å²) in [5.74, 6) is 0.400. The SMILES string of the molecule is CCOC(=O)c1ccc(C2CCNCC2)cc1. The number of nitrogens with one attached hydrogen (secondary N) is 1. The second-order valence-corrected chi connectivity index (χ2v) is 4.37. The van der Waals surface area contributed by atoms with E-state index in [1.807, 2.05) is 19.1 Å². The summed E-state index contributed by atoms with van der Waals surface area (Å²) in [5.41, 5.74) is 1.98. The summed E-state index contributed by atoms with van der Waals surface area (Å²) in [4.78, 5) is 11.5. The highest BCUT2D eigenvalue weighted by Gasteiger charge is 2.15. The number of rotatable bonds is 3. The van der Waals surface area contributed by atoms with E-state index in [9.17, 15) is 4.79 Å². The Balaban J connectivity index is 2.04. The first kappa shape index (κ1) is 12.1. The van der Waals surface area contributed by atoms with Gasteiger partial charge in [-0.3, -0.25) is 0 Å². The predicted molar refractivity (Wildman–Crippen MR) is 67.2 cm³/mol. The Bertz CT molecular complexity index is 366. The number of hydrogen-bond acceptors (Lipinski definition) is 3. The first-order chi connectivity index (χ1) is 8.31. The molecule has 0 spiro atoms. The second-order valence-electron chi connectivity index (χ2n) is 4.37. The van der Waals surface area contributed by atoms with Gasteiger partial charge in [-0.2, -0.15) is 0 Å². The van der Waals surface area contributed by atoms with Gasteiger partial charge in [-0.25, -0.2) is 4.79 Å². The lowest BCUT2D eigenvalue weighted by Gasteiger charge is -2.23. The molecule has 1 aliphatic rings. The second kappa shape index (κ2) is 5.82. The highest BCUT2D eigenvalue weighted by Crippen LogP contribution is 2.25. The summed E-state index contributed by atoms with van der Waals surface area (Å²) < 4.78 is 4.96. The van der Waals surface area contributed by atoms with Crippen molar-refractivity contribution >= 4 is 5.97 Å². The maximum Gasteiger partial charge on any atom is 0.338 e. The van der Waals surface area contributed by atoms with Crippen molar-refractivity contribution in [3.8, 4) is 0 Å². The number of carbonyl (C=O) groups excluding carboxylic acids is 1. The molecule has 1 saturated heterocycles. The van der Waals surface area contributed by atoms with Crippen LogP contribution in [0.4, 0.5) is 0 Å². The molecule has 2 rings (SSSR count). The molecular formula is C14H19NO2. The molecule has 3 heteroatoms. The first-order valence-electron chi connectivity index (χ1n) is 6.29. The third kappa shape index (κ3) is 3.07. The molecule has 1 fully saturated rings. The Morgan fingerprint density at radius 3 is 2.53 bits per heavy atom. The molecule has 0 radical (unpaired) electrons. The minimum atomic E-state index is -0.232. The highest BCUT2D eigenvalue weighted by molar-refractivity contribution is 5.89. The van der Waals surface area contributed by atoms with Gasteiger partial charge in [0, 0.05) is 0 Å². The summed E-state index contributed by atoms with van der Waals surface area (Å²) in [6.45, 7) is 4.42. The number of carbonyl (C=O) groups is 1. The molecule has 0 atom stereocenters. The van der Waals surface area contributed by atoms with Crippen molar-refractivity contribution in [1.82, 2.24) is 5.32 Å². The van der Waals surface area contributed by atoms with Gasteiger partial charge >= 0.3 is 5.97 Å². The van der Waals surface area contributed by atoms with E-state index in [1.54, 1.807) is 0 Å². The fourth-order valence-electron chi connectivity index (χ4n) is 2.26. The summed E-state index contributed by atoms with van der Waals surface area (Å²) in [5, 5.41) is 3.36. The molecule has 0 saturated carbocycles. The van der Waals surface area contributed by atoms with Crippen molar-refractivity contribution in [1.29, 1.82) is 0 Å². The highest BCUT2D eigenvalue weighted by atomic mass is 16.5. The number of esters is 1. The minimum absolute atomic E-state index is 0.232. The van der Waals surface area contributed by atoms with Gasteiger partial charge in [0.15, 0.2) is 0 Å². The first-order valence-corrected chi connectivity index (χ1v) is 6.29. The molecule has 0 aromatic heterocycles. The molecule has 1 aromatic carbocycles. The number of ether oxygens (including phenoxy) is 1. The van der Waals surface area contributed by atoms with E-state index in [1.165, 1.54) is 18.4 Å². The third-order valence-electron chi connectivity index (χ3n) is 3.23. The van der Waals surface area contributed by atoms with Crippen molar-refractivity contribution in [2.75, 3.05) is 19.7 Å². The van der Waals surface area contributed by atoms with Gasteiger partial charge in [0.2, 0.25) is 0 Å². The van der Waals surface area contributed by atoms with Crippen LogP contribution in [0.2, 0.25) is 0 Å². The topological polar surface area (TPSA) is 38.3 Å². The molecular weight excluding hydrogens is 214 g/mol. The van der Waals surface area contributed by atoms with Gasteiger partial charge in [0.05, 0.1) is 12.2 Å². The zero-order valence-electron chi connectivity index (χ0n) is 10.2. The summed E-state index contributed by atoms with van der Waals surface area (Å²) >= 11 is 0. The fourth-order valence-corrected chi connectivity index (χ4v) is 2.26. The van der Waals surface area contributed by atoms with Crippen molar-refractivity contribution in [2.45, 2.75) is 25.7 Å². The van der Waals surface area contributed by atoms with Gasteiger partial charge < -0.3 is 10.1 Å². The quantitative estimate of drug-likeness (QED) is 0.814. The maximum atomic E-state index is 11.5. The van der Waals surface area contributed by atoms with Crippen LogP contribution in [-0.2, 0) is 4.74 Å². The predicted octanol–water partition coefficient (Wildman–Crippen LogP) is 2.33. The van der Waals surface area contributed by atoms with Crippen LogP contribution in [0.3, 0.4) is 0 Å². The molecule has 0 amide bonds. The Morgan fingerprint density at radius 1 is 1.29 bits per heavy atom. The Hall–Kier alpha value is -1.35. The van der Waals surface area contributed by atoms with Gasteiger partial charge in [-0.05, 0) is 56.5 Å². The van der Waals surface area contributed by atoms with Crippen LogP contribution in [0, 0.1) is 0 Å². The van der Waals surface area contributed by atoms with E-state index in [2.05, 4.69) is 17.4 Å². The maximum absolute atomic E-state index is 11.5. The lowest BCUT2D eigenvalue weighted by atomic mass is 9.90. The lowest BCUT2D eigenvalue weighted by Crippen LogP contribution is -2.26. The smallest absolute Gasteiger partial charge is 0.338 e. The van der Waals surface area contributed by atoms with Crippen LogP contribution in [0.25, 0.3) is 0 Å². The van der Waals surface area contributed by atoms with Crippen molar-refractivity contribution < 1.29 is 9.53 Å². The Kier molecular flexibility index (Phi) is 4.15. The van der Waals surface area contributed by atoms with Crippen LogP contribution < -0.4 is 5.32 Å². The van der Waals surface area contributed by atoms with Crippen LogP contribution in [0.5, 0.6) is 0 Å². The zero-order chi connectivity index (χ0) is 12.1. The molecule has 0 bridgehead atoms. The average Bonchev–Trinajstić information content (AvgIpc) is 2.40. The lowest BCUT2D eigenvalue weighted by molar-refractivity contribution is 0.0526. The Labute approximate surface area is 102 Å². The van der Waals surface area contributed by atoms with Gasteiger partial charge in [0.25, 0.3) is 0 Å². The standard InChI is InChI=1S/C14H19NO2/c1-2-17-14(16)13-5-3-11(4-6-13)12-7-9-15-10-8-12/h3-6,12,15H,2,7-10H2,1H3. The molecule has 1 aliphatic heterocycles. The molecule has 1 aromatic rings. The minimum Gasteiger partial charge on any atom is -0.462 e. The van der Waals surface area contributed by atoms with Crippen molar-refractivity contribution in [2.24, 2.45) is 0 Å². The van der Waals surface area contributed by atoms with E-state index in [-0.39, 0.29) is 5.97 Å². The van der Waals surface area contributed by atoms with Gasteiger partial charge in [-0.15, -0.1) is 0 Å². The zero-order valence-corrected chi connectivity index (χ0v) is 10.2. The van der Waals surface area contributed by atoms with Crippen LogP contribution in [0.1, 0.15) is 41.6 Å². The van der Waals surface area contributed by atoms with Crippen LogP contribution in [0.15, 0.2) is 24.3 Å². The van der Waals surface area contributed by atoms with Gasteiger partial charge in [0.1, 0.15) is 0 Å². The van der Waals surface area contributed by atoms with E-state index in [4.69, 9.17) is 4.74 Å². The van der Waals surface area contributed by atoms with E-state index < -0.39 is 0 Å². The van der Waals surface area contributed by atoms with E-state index >= 15 is 0 Å².